The van der Waals surface area contributed by atoms with Gasteiger partial charge in [-0.05, 0) is 61.1 Å². The second-order valence-electron chi connectivity index (χ2n) is 7.73. The van der Waals surface area contributed by atoms with Crippen molar-refractivity contribution in [2.24, 2.45) is 11.8 Å². The van der Waals surface area contributed by atoms with Crippen molar-refractivity contribution in [3.8, 4) is 18.1 Å². The Morgan fingerprint density at radius 3 is 2.96 bits per heavy atom. The number of aromatic nitrogens is 1. The van der Waals surface area contributed by atoms with E-state index in [0.29, 0.717) is 12.6 Å². The van der Waals surface area contributed by atoms with Gasteiger partial charge in [-0.3, -0.25) is 9.88 Å². The van der Waals surface area contributed by atoms with E-state index in [2.05, 4.69) is 34.9 Å². The van der Waals surface area contributed by atoms with Gasteiger partial charge in [0.05, 0.1) is 18.7 Å². The van der Waals surface area contributed by atoms with Crippen LogP contribution in [-0.2, 0) is 4.74 Å². The number of pyridine rings is 1. The number of terminal acetylenes is 1. The van der Waals surface area contributed by atoms with Crippen molar-refractivity contribution in [3.63, 3.8) is 0 Å². The fourth-order valence-electron chi connectivity index (χ4n) is 5.02. The predicted molar refractivity (Wildman–Crippen MR) is 108 cm³/mol. The Hall–Kier alpha value is -2.09. The zero-order valence-corrected chi connectivity index (χ0v) is 16.2. The third-order valence-electron chi connectivity index (χ3n) is 6.45. The lowest BCUT2D eigenvalue weighted by atomic mass is 9.72. The Morgan fingerprint density at radius 2 is 2.26 bits per heavy atom. The molecule has 27 heavy (non-hydrogen) atoms. The average Bonchev–Trinajstić information content (AvgIpc) is 2.74. The first-order valence-electron chi connectivity index (χ1n) is 9.97. The molecule has 4 nitrogen and oxygen atoms in total. The van der Waals surface area contributed by atoms with Crippen molar-refractivity contribution in [2.45, 2.75) is 38.3 Å². The molecule has 1 aromatic carbocycles. The predicted octanol–water partition coefficient (Wildman–Crippen LogP) is 4.05. The molecule has 4 heterocycles. The molecule has 2 bridgehead atoms. The Morgan fingerprint density at radius 1 is 1.37 bits per heavy atom. The first kappa shape index (κ1) is 18.3. The summed E-state index contributed by atoms with van der Waals surface area (Å²) in [6.45, 7) is 4.98. The van der Waals surface area contributed by atoms with E-state index in [0.717, 1.165) is 35.0 Å². The molecule has 1 aromatic heterocycles. The highest BCUT2D eigenvalue weighted by Crippen LogP contribution is 2.44. The van der Waals surface area contributed by atoms with Crippen molar-refractivity contribution >= 4 is 10.9 Å². The highest BCUT2D eigenvalue weighted by atomic mass is 16.5. The van der Waals surface area contributed by atoms with Crippen LogP contribution in [0.5, 0.6) is 5.75 Å². The van der Waals surface area contributed by atoms with Crippen LogP contribution in [0, 0.1) is 24.2 Å². The van der Waals surface area contributed by atoms with E-state index in [9.17, 15) is 0 Å². The SMILES string of the molecule is C#CCO[C@H](c1ccnc2ccc(OC)cc12)[C@@H]1C[C@@H]2CCN1C[C@@H]2CC. The summed E-state index contributed by atoms with van der Waals surface area (Å²) in [6.07, 6.45) is 11.1. The van der Waals surface area contributed by atoms with E-state index in [1.165, 1.54) is 31.4 Å². The number of rotatable bonds is 6. The third-order valence-corrected chi connectivity index (χ3v) is 6.45. The fourth-order valence-corrected chi connectivity index (χ4v) is 5.02. The highest BCUT2D eigenvalue weighted by Gasteiger charge is 2.43. The Labute approximate surface area is 161 Å². The lowest BCUT2D eigenvalue weighted by Crippen LogP contribution is -2.55. The van der Waals surface area contributed by atoms with Crippen molar-refractivity contribution in [3.05, 3.63) is 36.0 Å². The molecule has 0 amide bonds. The van der Waals surface area contributed by atoms with E-state index in [-0.39, 0.29) is 6.10 Å². The molecule has 0 spiro atoms. The normalized spacial score (nSPS) is 28.0. The lowest BCUT2D eigenvalue weighted by Gasteiger charge is -2.52. The van der Waals surface area contributed by atoms with E-state index in [4.69, 9.17) is 15.9 Å². The maximum Gasteiger partial charge on any atom is 0.119 e. The molecule has 3 saturated heterocycles. The van der Waals surface area contributed by atoms with Crippen LogP contribution in [0.15, 0.2) is 30.5 Å². The van der Waals surface area contributed by atoms with Gasteiger partial charge in [0.2, 0.25) is 0 Å². The van der Waals surface area contributed by atoms with Crippen molar-refractivity contribution in [1.29, 1.82) is 0 Å². The monoisotopic (exact) mass is 364 g/mol. The zero-order chi connectivity index (χ0) is 18.8. The van der Waals surface area contributed by atoms with Gasteiger partial charge >= 0.3 is 0 Å². The number of benzene rings is 1. The van der Waals surface area contributed by atoms with Gasteiger partial charge < -0.3 is 9.47 Å². The van der Waals surface area contributed by atoms with Gasteiger partial charge in [0.1, 0.15) is 12.4 Å². The zero-order valence-electron chi connectivity index (χ0n) is 16.2. The largest absolute Gasteiger partial charge is 0.497 e. The second-order valence-corrected chi connectivity index (χ2v) is 7.73. The summed E-state index contributed by atoms with van der Waals surface area (Å²) in [5.74, 6) is 5.11. The summed E-state index contributed by atoms with van der Waals surface area (Å²) in [4.78, 5) is 7.16. The molecule has 4 heteroatoms. The third kappa shape index (κ3) is 3.42. The highest BCUT2D eigenvalue weighted by molar-refractivity contribution is 5.84. The number of hydrogen-bond acceptors (Lipinski definition) is 4. The van der Waals surface area contributed by atoms with E-state index >= 15 is 0 Å². The number of methoxy groups -OCH3 is 1. The molecule has 0 saturated carbocycles. The van der Waals surface area contributed by atoms with Crippen molar-refractivity contribution in [1.82, 2.24) is 9.88 Å². The first-order valence-corrected chi connectivity index (χ1v) is 9.97. The van der Waals surface area contributed by atoms with Crippen LogP contribution < -0.4 is 4.74 Å². The summed E-state index contributed by atoms with van der Waals surface area (Å²) in [5.41, 5.74) is 2.13. The van der Waals surface area contributed by atoms with E-state index in [1.54, 1.807) is 7.11 Å². The Kier molecular flexibility index (Phi) is 5.33. The minimum atomic E-state index is -0.0423. The van der Waals surface area contributed by atoms with Gasteiger partial charge in [0.25, 0.3) is 0 Å². The second kappa shape index (κ2) is 7.88. The molecular formula is C23H28N2O2. The maximum atomic E-state index is 6.27. The molecule has 3 aliphatic heterocycles. The minimum Gasteiger partial charge on any atom is -0.497 e. The van der Waals surface area contributed by atoms with Crippen LogP contribution in [0.3, 0.4) is 0 Å². The van der Waals surface area contributed by atoms with Gasteiger partial charge in [-0.1, -0.05) is 19.3 Å². The molecule has 0 N–H and O–H groups in total. The lowest BCUT2D eigenvalue weighted by molar-refractivity contribution is -0.0763. The summed E-state index contributed by atoms with van der Waals surface area (Å²) in [6, 6.07) is 8.49. The van der Waals surface area contributed by atoms with Gasteiger partial charge in [-0.25, -0.2) is 0 Å². The molecule has 2 aromatic rings. The smallest absolute Gasteiger partial charge is 0.119 e. The summed E-state index contributed by atoms with van der Waals surface area (Å²) in [5, 5.41) is 1.09. The van der Waals surface area contributed by atoms with Gasteiger partial charge in [0, 0.05) is 24.2 Å². The van der Waals surface area contributed by atoms with Crippen LogP contribution in [-0.4, -0.2) is 42.7 Å². The summed E-state index contributed by atoms with van der Waals surface area (Å²) < 4.78 is 11.7. The topological polar surface area (TPSA) is 34.6 Å². The average molecular weight is 364 g/mol. The van der Waals surface area contributed by atoms with E-state index < -0.39 is 0 Å². The number of nitrogens with zero attached hydrogens (tertiary/aromatic N) is 2. The molecular weight excluding hydrogens is 336 g/mol. The van der Waals surface area contributed by atoms with Crippen molar-refractivity contribution in [2.75, 3.05) is 26.8 Å². The van der Waals surface area contributed by atoms with Crippen LogP contribution in [0.4, 0.5) is 0 Å². The summed E-state index contributed by atoms with van der Waals surface area (Å²) in [7, 11) is 1.69. The molecule has 3 aliphatic rings. The minimum absolute atomic E-state index is 0.0423. The number of ether oxygens (including phenoxy) is 2. The standard InChI is InChI=1S/C23H28N2O2/c1-4-12-27-23(22-13-17-9-11-25(22)15-16(17)5-2)19-8-10-24-21-7-6-18(26-3)14-20(19)21/h1,6-8,10,14,16-17,22-23H,5,9,11-13,15H2,2-3H3/t16-,17-,22-,23+/m0/s1. The van der Waals surface area contributed by atoms with Crippen molar-refractivity contribution < 1.29 is 9.47 Å². The number of piperidine rings is 3. The molecule has 3 fully saturated rings. The van der Waals surface area contributed by atoms with Gasteiger partial charge in [-0.2, -0.15) is 0 Å². The summed E-state index contributed by atoms with van der Waals surface area (Å²) >= 11 is 0. The molecule has 142 valence electrons. The first-order chi connectivity index (χ1) is 13.2. The maximum absolute atomic E-state index is 6.27. The van der Waals surface area contributed by atoms with Crippen LogP contribution in [0.1, 0.15) is 37.9 Å². The fraction of sp³-hybridized carbons (Fsp3) is 0.522. The quantitative estimate of drug-likeness (QED) is 0.724. The molecule has 5 atom stereocenters. The van der Waals surface area contributed by atoms with Crippen LogP contribution >= 0.6 is 0 Å². The van der Waals surface area contributed by atoms with E-state index in [1.807, 2.05) is 18.3 Å². The Bertz CT molecular complexity index is 844. The molecule has 1 unspecified atom stereocenters. The van der Waals surface area contributed by atoms with Crippen LogP contribution in [0.2, 0.25) is 0 Å². The van der Waals surface area contributed by atoms with Crippen LogP contribution in [0.25, 0.3) is 10.9 Å². The Balaban J connectivity index is 1.73. The van der Waals surface area contributed by atoms with Gasteiger partial charge in [-0.15, -0.1) is 6.42 Å². The van der Waals surface area contributed by atoms with Gasteiger partial charge in [0.15, 0.2) is 0 Å². The number of hydrogen-bond donors (Lipinski definition) is 0. The number of fused-ring (bicyclic) bond motifs is 4. The molecule has 5 rings (SSSR count). The molecule has 0 radical (unpaired) electrons. The molecule has 0 aliphatic carbocycles.